The second kappa shape index (κ2) is 25.2. The Hall–Kier alpha value is -5.75. The van der Waals surface area contributed by atoms with Gasteiger partial charge in [-0.15, -0.1) is 0 Å². The number of nitrogens with zero attached hydrogens (tertiary/aromatic N) is 2. The summed E-state index contributed by atoms with van der Waals surface area (Å²) in [5.41, 5.74) is 5.98. The molecule has 3 rings (SSSR count). The van der Waals surface area contributed by atoms with Crippen molar-refractivity contribution >= 4 is 53.2 Å². The van der Waals surface area contributed by atoms with Gasteiger partial charge >= 0.3 is 5.97 Å². The Morgan fingerprint density at radius 2 is 1.44 bits per heavy atom. The molecule has 0 radical (unpaired) electrons. The van der Waals surface area contributed by atoms with Crippen LogP contribution in [-0.4, -0.2) is 130 Å². The van der Waals surface area contributed by atoms with E-state index in [1.165, 1.54) is 35.9 Å². The Bertz CT molecular complexity index is 1890. The third-order valence-electron chi connectivity index (χ3n) is 12.9. The number of cyclic esters (lactones) is 1. The lowest BCUT2D eigenvalue weighted by Crippen LogP contribution is -2.62. The molecule has 0 saturated carbocycles. The Morgan fingerprint density at radius 3 is 2.02 bits per heavy atom. The van der Waals surface area contributed by atoms with Gasteiger partial charge in [-0.3, -0.25) is 38.4 Å². The lowest BCUT2D eigenvalue weighted by atomic mass is 9.95. The number of nitrogens with two attached hydrogens (primary N) is 1. The van der Waals surface area contributed by atoms with E-state index in [9.17, 15) is 48.3 Å². The molecule has 1 aromatic carbocycles. The van der Waals surface area contributed by atoms with E-state index >= 15 is 0 Å². The molecule has 8 unspecified atom stereocenters. The number of esters is 1. The van der Waals surface area contributed by atoms with Crippen LogP contribution in [0.1, 0.15) is 119 Å². The molecule has 8 amide bonds. The number of carbonyl (C=O) groups is 9. The molecule has 11 atom stereocenters. The maximum atomic E-state index is 14.6. The molecule has 0 aliphatic carbocycles. The predicted octanol–water partition coefficient (Wildman–Crippen LogP) is 1.57. The van der Waals surface area contributed by atoms with E-state index in [0.717, 1.165) is 0 Å². The van der Waals surface area contributed by atoms with Gasteiger partial charge < -0.3 is 52.0 Å². The van der Waals surface area contributed by atoms with Crippen LogP contribution in [-0.2, 0) is 54.3 Å². The van der Waals surface area contributed by atoms with E-state index in [4.69, 9.17) is 10.5 Å². The minimum absolute atomic E-state index is 0.0171. The van der Waals surface area contributed by atoms with E-state index in [2.05, 4.69) is 26.6 Å². The zero-order valence-electron chi connectivity index (χ0n) is 40.3. The van der Waals surface area contributed by atoms with Gasteiger partial charge in [0.15, 0.2) is 0 Å². The van der Waals surface area contributed by atoms with Crippen LogP contribution in [0.2, 0.25) is 0 Å². The maximum absolute atomic E-state index is 14.6. The molecule has 0 aromatic heterocycles. The van der Waals surface area contributed by atoms with Crippen LogP contribution in [0, 0.1) is 23.7 Å². The molecular weight excluding hydrogens is 853 g/mol. The van der Waals surface area contributed by atoms with Gasteiger partial charge in [0.25, 0.3) is 0 Å². The smallest absolute Gasteiger partial charge is 0.329 e. The summed E-state index contributed by atoms with van der Waals surface area (Å²) >= 11 is 0. The number of benzene rings is 1. The van der Waals surface area contributed by atoms with Crippen LogP contribution in [0.4, 0.5) is 0 Å². The molecule has 19 nitrogen and oxygen atoms in total. The Morgan fingerprint density at radius 1 is 0.833 bits per heavy atom. The number of phenols is 1. The number of fused-ring (bicyclic) bond motifs is 1. The molecule has 2 heterocycles. The van der Waals surface area contributed by atoms with Crippen molar-refractivity contribution in [2.75, 3.05) is 13.6 Å². The first-order valence-electron chi connectivity index (χ1n) is 23.4. The number of nitrogens with one attached hydrogen (secondary N) is 5. The zero-order chi connectivity index (χ0) is 49.6. The SMILES string of the molecule is CCC(C)C(=O)N[C@@H](CCC(N)=O)C(=O)N[C@@H]1C(=O)NC(CC(C)C)C(=O)N2CCCC2C(=O)NC(C(C)CC)C(=O)N(C)C(Cc2ccc(O)cc2)C(=O)NC([C@H](C)CC)C(=O)OC1C. The fraction of sp³-hybridized carbons (Fsp3) is 0.681. The first-order chi connectivity index (χ1) is 31.0. The van der Waals surface area contributed by atoms with Gasteiger partial charge in [-0.1, -0.05) is 80.4 Å². The van der Waals surface area contributed by atoms with E-state index < -0.39 is 119 Å². The van der Waals surface area contributed by atoms with Crippen molar-refractivity contribution in [2.24, 2.45) is 29.4 Å². The number of rotatable bonds is 16. The number of hydrogen-bond acceptors (Lipinski definition) is 11. The van der Waals surface area contributed by atoms with Crippen molar-refractivity contribution in [3.05, 3.63) is 29.8 Å². The number of amides is 8. The lowest BCUT2D eigenvalue weighted by Gasteiger charge is -2.35. The first-order valence-corrected chi connectivity index (χ1v) is 23.4. The van der Waals surface area contributed by atoms with Crippen LogP contribution in [0.3, 0.4) is 0 Å². The van der Waals surface area contributed by atoms with E-state index in [-0.39, 0.29) is 50.3 Å². The van der Waals surface area contributed by atoms with Crippen LogP contribution < -0.4 is 32.3 Å². The topological polar surface area (TPSA) is 276 Å². The Kier molecular flexibility index (Phi) is 20.9. The maximum Gasteiger partial charge on any atom is 0.329 e. The third kappa shape index (κ3) is 14.9. The zero-order valence-corrected chi connectivity index (χ0v) is 40.3. The largest absolute Gasteiger partial charge is 0.508 e. The quantitative estimate of drug-likeness (QED) is 0.117. The van der Waals surface area contributed by atoms with Crippen LogP contribution >= 0.6 is 0 Å². The average molecular weight is 927 g/mol. The summed E-state index contributed by atoms with van der Waals surface area (Å²) in [4.78, 5) is 129. The van der Waals surface area contributed by atoms with E-state index in [1.807, 2.05) is 20.8 Å². The highest BCUT2D eigenvalue weighted by Crippen LogP contribution is 2.24. The highest BCUT2D eigenvalue weighted by atomic mass is 16.5. The van der Waals surface area contributed by atoms with Gasteiger partial charge in [0.1, 0.15) is 54.1 Å². The van der Waals surface area contributed by atoms with Crippen LogP contribution in [0.15, 0.2) is 24.3 Å². The normalized spacial score (nSPS) is 25.7. The van der Waals surface area contributed by atoms with Gasteiger partial charge in [-0.2, -0.15) is 0 Å². The van der Waals surface area contributed by atoms with Crippen molar-refractivity contribution < 1.29 is 53.0 Å². The van der Waals surface area contributed by atoms with Crippen molar-refractivity contribution in [3.63, 3.8) is 0 Å². The minimum atomic E-state index is -1.70. The molecule has 2 aliphatic rings. The fourth-order valence-corrected chi connectivity index (χ4v) is 7.97. The molecular formula is C47H74N8O11. The molecule has 8 N–H and O–H groups in total. The molecule has 368 valence electrons. The van der Waals surface area contributed by atoms with Crippen molar-refractivity contribution in [1.29, 1.82) is 0 Å². The van der Waals surface area contributed by atoms with Gasteiger partial charge in [0, 0.05) is 32.4 Å². The molecule has 66 heavy (non-hydrogen) atoms. The summed E-state index contributed by atoms with van der Waals surface area (Å²) in [6.45, 7) is 15.8. The summed E-state index contributed by atoms with van der Waals surface area (Å²) in [6, 6.07) is -2.95. The minimum Gasteiger partial charge on any atom is -0.508 e. The summed E-state index contributed by atoms with van der Waals surface area (Å²) in [5.74, 6) is -8.19. The van der Waals surface area contributed by atoms with Gasteiger partial charge in [0.2, 0.25) is 47.3 Å². The average Bonchev–Trinajstić information content (AvgIpc) is 3.78. The van der Waals surface area contributed by atoms with E-state index in [1.54, 1.807) is 46.8 Å². The molecule has 2 aliphatic heterocycles. The number of hydrogen-bond donors (Lipinski definition) is 7. The molecule has 2 saturated heterocycles. The number of phenolic OH excluding ortho intramolecular Hbond substituents is 1. The standard InChI is InChI=1S/C47H74N8O11/c1-11-26(6)37-46(64)54(10)35(24-30-16-18-31(56)19-17-30)43(61)52-38(27(7)12-2)47(65)66-29(9)39(53-41(59)32(20-21-36(48)57)49-40(58)28(8)13-3)44(62)50-33(23-25(4)5)45(63)55-22-14-15-34(55)42(60)51-37/h16-19,25-29,32-35,37-39,56H,11-15,20-24H2,1-10H3,(H2,48,57)(H,49,58)(H,50,62)(H,51,60)(H,52,61)(H,53,59)/t26?,27-,28?,29?,32+,33?,34?,35?,37?,38?,39+/m1/s1. The fourth-order valence-electron chi connectivity index (χ4n) is 7.97. The second-order valence-electron chi connectivity index (χ2n) is 18.5. The number of primary amides is 1. The Balaban J connectivity index is 2.24. The van der Waals surface area contributed by atoms with Crippen LogP contribution in [0.5, 0.6) is 5.75 Å². The summed E-state index contributed by atoms with van der Waals surface area (Å²) in [7, 11) is 1.43. The highest BCUT2D eigenvalue weighted by molar-refractivity contribution is 5.98. The van der Waals surface area contributed by atoms with Gasteiger partial charge in [-0.05, 0) is 74.5 Å². The first kappa shape index (κ1) is 54.6. The third-order valence-corrected chi connectivity index (χ3v) is 12.9. The van der Waals surface area contributed by atoms with Gasteiger partial charge in [-0.25, -0.2) is 4.79 Å². The van der Waals surface area contributed by atoms with Crippen molar-refractivity contribution in [2.45, 2.75) is 168 Å². The van der Waals surface area contributed by atoms with Crippen molar-refractivity contribution in [3.8, 4) is 5.75 Å². The Labute approximate surface area is 388 Å². The predicted molar refractivity (Wildman–Crippen MR) is 245 cm³/mol. The number of likely N-dealkylation sites (N-methyl/N-ethyl adjacent to an activating group) is 1. The molecule has 19 heteroatoms. The molecule has 2 fully saturated rings. The molecule has 1 aromatic rings. The lowest BCUT2D eigenvalue weighted by molar-refractivity contribution is -0.158. The number of aromatic hydroxyl groups is 1. The number of ether oxygens (including phenoxy) is 1. The van der Waals surface area contributed by atoms with Crippen molar-refractivity contribution in [1.82, 2.24) is 36.4 Å². The summed E-state index contributed by atoms with van der Waals surface area (Å²) in [5, 5.41) is 23.7. The van der Waals surface area contributed by atoms with Crippen LogP contribution in [0.25, 0.3) is 0 Å². The van der Waals surface area contributed by atoms with E-state index in [0.29, 0.717) is 31.2 Å². The number of carbonyl (C=O) groups excluding carboxylic acids is 9. The molecule has 0 spiro atoms. The molecule has 0 bridgehead atoms. The monoisotopic (exact) mass is 927 g/mol. The summed E-state index contributed by atoms with van der Waals surface area (Å²) in [6.07, 6.45) is 0.0414. The van der Waals surface area contributed by atoms with Gasteiger partial charge in [0.05, 0.1) is 0 Å². The summed E-state index contributed by atoms with van der Waals surface area (Å²) < 4.78 is 5.95. The second-order valence-corrected chi connectivity index (χ2v) is 18.5. The highest BCUT2D eigenvalue weighted by Gasteiger charge is 2.44.